The summed E-state index contributed by atoms with van der Waals surface area (Å²) in [5.74, 6) is -6.82. The van der Waals surface area contributed by atoms with Crippen LogP contribution in [0.15, 0.2) is 66.7 Å². The average Bonchev–Trinajstić information content (AvgIpc) is 2.95. The standard InChI is InChI=1S/C31H26F12O5/c1-16(2)47-24-12-18(8-9-22(24)33)27(14-17-6-4-3-5-7-17,15-23(44)25(45)28(46,30(38,39)40)31(41,42)43)19-10-20(32)13-21(11-19)48-29(36,37)26(34)35/h3-13,16,25-26,45-46H,14-15H2,1-2H3/t25?,27-/m1/s1. The number of hydrogen-bond donors (Lipinski definition) is 2. The predicted octanol–water partition coefficient (Wildman–Crippen LogP) is 7.69. The topological polar surface area (TPSA) is 76.0 Å². The second kappa shape index (κ2) is 13.9. The molecule has 0 aromatic heterocycles. The zero-order valence-corrected chi connectivity index (χ0v) is 24.7. The minimum atomic E-state index is -6.68. The Hall–Kier alpha value is -3.99. The number of alkyl halides is 10. The number of halogens is 12. The van der Waals surface area contributed by atoms with Crippen molar-refractivity contribution in [3.05, 3.63) is 95.1 Å². The van der Waals surface area contributed by atoms with Crippen molar-refractivity contribution in [1.82, 2.24) is 0 Å². The van der Waals surface area contributed by atoms with Crippen LogP contribution in [0.2, 0.25) is 0 Å². The van der Waals surface area contributed by atoms with Crippen molar-refractivity contribution in [1.29, 1.82) is 0 Å². The molecular weight excluding hydrogens is 680 g/mol. The van der Waals surface area contributed by atoms with Gasteiger partial charge in [-0.05, 0) is 61.2 Å². The van der Waals surface area contributed by atoms with Crippen molar-refractivity contribution < 1.29 is 77.2 Å². The van der Waals surface area contributed by atoms with E-state index >= 15 is 4.39 Å². The maximum Gasteiger partial charge on any atom is 0.461 e. The Labute approximate surface area is 264 Å². The third-order valence-corrected chi connectivity index (χ3v) is 7.17. The number of Topliss-reactive ketones (excluding diaryl/α,β-unsaturated/α-hetero) is 1. The Morgan fingerprint density at radius 2 is 1.40 bits per heavy atom. The fraction of sp³-hybridized carbons (Fsp3) is 0.387. The molecule has 0 fully saturated rings. The van der Waals surface area contributed by atoms with Gasteiger partial charge in [0.1, 0.15) is 11.6 Å². The number of ketones is 1. The second-order valence-electron chi connectivity index (χ2n) is 11.0. The molecule has 0 bridgehead atoms. The summed E-state index contributed by atoms with van der Waals surface area (Å²) in [6.45, 7) is 2.88. The van der Waals surface area contributed by atoms with Gasteiger partial charge in [-0.1, -0.05) is 36.4 Å². The molecule has 0 spiro atoms. The van der Waals surface area contributed by atoms with E-state index in [-0.39, 0.29) is 11.6 Å². The summed E-state index contributed by atoms with van der Waals surface area (Å²) >= 11 is 0. The summed E-state index contributed by atoms with van der Waals surface area (Å²) in [4.78, 5) is 13.4. The van der Waals surface area contributed by atoms with Gasteiger partial charge in [0.2, 0.25) is 0 Å². The molecule has 3 aromatic rings. The molecule has 0 radical (unpaired) electrons. The third-order valence-electron chi connectivity index (χ3n) is 7.17. The molecule has 5 nitrogen and oxygen atoms in total. The number of carbonyl (C=O) groups excluding carboxylic acids is 1. The van der Waals surface area contributed by atoms with Gasteiger partial charge < -0.3 is 19.7 Å². The highest BCUT2D eigenvalue weighted by molar-refractivity contribution is 5.86. The Morgan fingerprint density at radius 3 is 1.92 bits per heavy atom. The Balaban J connectivity index is 2.43. The summed E-state index contributed by atoms with van der Waals surface area (Å²) < 4.78 is 175. The highest BCUT2D eigenvalue weighted by Gasteiger charge is 2.75. The molecule has 0 aliphatic heterocycles. The fourth-order valence-corrected chi connectivity index (χ4v) is 4.92. The molecule has 0 saturated heterocycles. The van der Waals surface area contributed by atoms with E-state index in [1.54, 1.807) is 0 Å². The van der Waals surface area contributed by atoms with E-state index < -0.39 is 101 Å². The molecule has 1 unspecified atom stereocenters. The zero-order chi connectivity index (χ0) is 36.5. The van der Waals surface area contributed by atoms with Crippen molar-refractivity contribution >= 4 is 5.78 Å². The lowest BCUT2D eigenvalue weighted by Crippen LogP contribution is -2.66. The predicted molar refractivity (Wildman–Crippen MR) is 144 cm³/mol. The number of hydrogen-bond acceptors (Lipinski definition) is 5. The van der Waals surface area contributed by atoms with Crippen LogP contribution in [0.4, 0.5) is 52.7 Å². The molecule has 264 valence electrons. The van der Waals surface area contributed by atoms with Gasteiger partial charge in [0.05, 0.1) is 6.10 Å². The van der Waals surface area contributed by atoms with E-state index in [1.165, 1.54) is 44.2 Å². The number of aliphatic hydroxyl groups excluding tert-OH is 1. The lowest BCUT2D eigenvalue weighted by Gasteiger charge is -2.39. The van der Waals surface area contributed by atoms with Crippen molar-refractivity contribution in [2.45, 2.75) is 74.8 Å². The van der Waals surface area contributed by atoms with Crippen LogP contribution in [0.1, 0.15) is 37.0 Å². The van der Waals surface area contributed by atoms with Gasteiger partial charge in [0.15, 0.2) is 23.5 Å². The molecule has 17 heteroatoms. The van der Waals surface area contributed by atoms with E-state index in [0.717, 1.165) is 12.1 Å². The van der Waals surface area contributed by atoms with Gasteiger partial charge in [0.25, 0.3) is 5.60 Å². The van der Waals surface area contributed by atoms with Crippen molar-refractivity contribution in [2.75, 3.05) is 0 Å². The highest BCUT2D eigenvalue weighted by Crippen LogP contribution is 2.48. The first kappa shape index (κ1) is 38.5. The summed E-state index contributed by atoms with van der Waals surface area (Å²) in [6, 6.07) is 10.5. The normalized spacial score (nSPS) is 15.0. The minimum absolute atomic E-state index is 0.113. The van der Waals surface area contributed by atoms with Crippen LogP contribution in [0.5, 0.6) is 11.5 Å². The molecule has 0 aliphatic carbocycles. The number of benzene rings is 3. The molecule has 48 heavy (non-hydrogen) atoms. The average molecular weight is 707 g/mol. The van der Waals surface area contributed by atoms with Gasteiger partial charge in [-0.25, -0.2) is 8.78 Å². The number of carbonyl (C=O) groups is 1. The molecule has 2 N–H and O–H groups in total. The van der Waals surface area contributed by atoms with E-state index in [9.17, 15) is 63.3 Å². The quantitative estimate of drug-likeness (QED) is 0.178. The lowest BCUT2D eigenvalue weighted by atomic mass is 9.66. The van der Waals surface area contributed by atoms with Gasteiger partial charge in [0, 0.05) is 17.9 Å². The SMILES string of the molecule is CC(C)Oc1cc([C@](CC(=O)C(O)C(O)(C(F)(F)F)C(F)(F)F)(Cc2ccccc2)c2cc(F)cc(OC(F)(F)C(F)F)c2)ccc1F. The number of rotatable bonds is 13. The molecule has 3 rings (SSSR count). The first-order valence-electron chi connectivity index (χ1n) is 13.7. The van der Waals surface area contributed by atoms with Crippen LogP contribution in [0.3, 0.4) is 0 Å². The van der Waals surface area contributed by atoms with Crippen LogP contribution in [-0.4, -0.2) is 58.7 Å². The monoisotopic (exact) mass is 706 g/mol. The van der Waals surface area contributed by atoms with Crippen molar-refractivity contribution in [3.8, 4) is 11.5 Å². The largest absolute Gasteiger partial charge is 0.488 e. The molecule has 0 heterocycles. The summed E-state index contributed by atoms with van der Waals surface area (Å²) in [5.41, 5.74) is -9.59. The van der Waals surface area contributed by atoms with Crippen LogP contribution in [0.25, 0.3) is 0 Å². The van der Waals surface area contributed by atoms with Gasteiger partial charge in [-0.15, -0.1) is 0 Å². The van der Waals surface area contributed by atoms with E-state index in [1.807, 2.05) is 0 Å². The first-order chi connectivity index (χ1) is 21.9. The number of aliphatic hydroxyl groups is 2. The molecule has 0 amide bonds. The number of ether oxygens (including phenoxy) is 2. The van der Waals surface area contributed by atoms with Gasteiger partial charge in [-0.3, -0.25) is 4.79 Å². The summed E-state index contributed by atoms with van der Waals surface area (Å²) in [7, 11) is 0. The minimum Gasteiger partial charge on any atom is -0.488 e. The summed E-state index contributed by atoms with van der Waals surface area (Å²) in [6.07, 6.45) is -30.5. The van der Waals surface area contributed by atoms with E-state index in [0.29, 0.717) is 18.2 Å². The maximum atomic E-state index is 15.0. The Morgan fingerprint density at radius 1 is 0.812 bits per heavy atom. The molecule has 0 aliphatic rings. The van der Waals surface area contributed by atoms with Crippen LogP contribution in [-0.2, 0) is 16.6 Å². The highest BCUT2D eigenvalue weighted by atomic mass is 19.4. The Bertz CT molecular complexity index is 1560. The maximum absolute atomic E-state index is 15.0. The van der Waals surface area contributed by atoms with Gasteiger partial charge >= 0.3 is 24.9 Å². The second-order valence-corrected chi connectivity index (χ2v) is 11.0. The molecule has 3 aromatic carbocycles. The first-order valence-corrected chi connectivity index (χ1v) is 13.7. The van der Waals surface area contributed by atoms with Crippen LogP contribution >= 0.6 is 0 Å². The summed E-state index contributed by atoms with van der Waals surface area (Å²) in [5, 5.41) is 20.0. The van der Waals surface area contributed by atoms with E-state index in [2.05, 4.69) is 4.74 Å². The molecule has 2 atom stereocenters. The van der Waals surface area contributed by atoms with Gasteiger partial charge in [-0.2, -0.15) is 43.9 Å². The fourth-order valence-electron chi connectivity index (χ4n) is 4.92. The van der Waals surface area contributed by atoms with Crippen LogP contribution < -0.4 is 9.47 Å². The zero-order valence-electron chi connectivity index (χ0n) is 24.7. The van der Waals surface area contributed by atoms with E-state index in [4.69, 9.17) is 4.74 Å². The smallest absolute Gasteiger partial charge is 0.461 e. The lowest BCUT2D eigenvalue weighted by molar-refractivity contribution is -0.386. The van der Waals surface area contributed by atoms with Crippen molar-refractivity contribution in [3.63, 3.8) is 0 Å². The molecular formula is C31H26F12O5. The molecule has 0 saturated carbocycles. The Kier molecular flexibility index (Phi) is 11.1. The third kappa shape index (κ3) is 7.99. The van der Waals surface area contributed by atoms with Crippen LogP contribution in [0, 0.1) is 11.6 Å². The van der Waals surface area contributed by atoms with Crippen molar-refractivity contribution in [2.24, 2.45) is 0 Å².